The first kappa shape index (κ1) is 33.4. The maximum Gasteiger partial charge on any atom is 0.164 e. The van der Waals surface area contributed by atoms with Crippen LogP contribution in [0.4, 0.5) is 17.1 Å². The van der Waals surface area contributed by atoms with Crippen LogP contribution in [0.3, 0.4) is 0 Å². The van der Waals surface area contributed by atoms with Gasteiger partial charge in [-0.25, -0.2) is 15.0 Å². The van der Waals surface area contributed by atoms with Crippen LogP contribution in [-0.4, -0.2) is 15.0 Å². The maximum absolute atomic E-state index is 7.05. The topological polar surface area (TPSA) is 55.1 Å². The fraction of sp³-hybridized carbons (Fsp3) is 0. The highest BCUT2D eigenvalue weighted by molar-refractivity contribution is 6.18. The molecule has 0 fully saturated rings. The molecular formula is C53H34N4O. The van der Waals surface area contributed by atoms with Gasteiger partial charge in [0.05, 0.1) is 5.69 Å². The van der Waals surface area contributed by atoms with Crippen LogP contribution in [0.25, 0.3) is 88.8 Å². The second-order valence-electron chi connectivity index (χ2n) is 14.4. The van der Waals surface area contributed by atoms with Crippen molar-refractivity contribution in [3.63, 3.8) is 0 Å². The Morgan fingerprint density at radius 2 is 0.914 bits per heavy atom. The van der Waals surface area contributed by atoms with Crippen molar-refractivity contribution in [2.75, 3.05) is 4.90 Å². The number of benzene rings is 9. The van der Waals surface area contributed by atoms with E-state index in [1.54, 1.807) is 0 Å². The minimum atomic E-state index is 0.572. The molecule has 58 heavy (non-hydrogen) atoms. The number of anilines is 3. The normalized spacial score (nSPS) is 11.4. The van der Waals surface area contributed by atoms with Crippen molar-refractivity contribution in [3.05, 3.63) is 206 Å². The average Bonchev–Trinajstić information content (AvgIpc) is 3.67. The number of para-hydroxylation sites is 1. The van der Waals surface area contributed by atoms with Gasteiger partial charge in [-0.2, -0.15) is 0 Å². The van der Waals surface area contributed by atoms with Crippen LogP contribution in [0, 0.1) is 0 Å². The third-order valence-corrected chi connectivity index (χ3v) is 10.9. The number of hydrogen-bond donors (Lipinski definition) is 0. The van der Waals surface area contributed by atoms with Gasteiger partial charge in [0.1, 0.15) is 5.58 Å². The average molecular weight is 743 g/mol. The van der Waals surface area contributed by atoms with Gasteiger partial charge >= 0.3 is 0 Å². The van der Waals surface area contributed by atoms with Gasteiger partial charge in [-0.05, 0) is 81.2 Å². The van der Waals surface area contributed by atoms with Crippen molar-refractivity contribution in [3.8, 4) is 45.3 Å². The van der Waals surface area contributed by atoms with Crippen molar-refractivity contribution < 1.29 is 4.42 Å². The third kappa shape index (κ3) is 5.85. The lowest BCUT2D eigenvalue weighted by Gasteiger charge is -2.26. The molecule has 0 aliphatic heterocycles. The minimum absolute atomic E-state index is 0.572. The molecule has 9 aromatic carbocycles. The Kier molecular flexibility index (Phi) is 8.07. The summed E-state index contributed by atoms with van der Waals surface area (Å²) in [6, 6.07) is 71.5. The molecule has 11 rings (SSSR count). The van der Waals surface area contributed by atoms with E-state index in [1.165, 1.54) is 5.56 Å². The van der Waals surface area contributed by atoms with Crippen molar-refractivity contribution >= 4 is 60.5 Å². The van der Waals surface area contributed by atoms with E-state index >= 15 is 0 Å². The van der Waals surface area contributed by atoms with Crippen LogP contribution in [0.15, 0.2) is 211 Å². The lowest BCUT2D eigenvalue weighted by Crippen LogP contribution is -2.10. The van der Waals surface area contributed by atoms with Gasteiger partial charge in [0.15, 0.2) is 23.1 Å². The zero-order valence-electron chi connectivity index (χ0n) is 31.3. The second kappa shape index (κ2) is 14.0. The zero-order valence-corrected chi connectivity index (χ0v) is 31.3. The van der Waals surface area contributed by atoms with Crippen LogP contribution < -0.4 is 4.90 Å². The van der Waals surface area contributed by atoms with Gasteiger partial charge < -0.3 is 9.32 Å². The van der Waals surface area contributed by atoms with Gasteiger partial charge in [-0.15, -0.1) is 0 Å². The van der Waals surface area contributed by atoms with Crippen molar-refractivity contribution in [2.24, 2.45) is 0 Å². The number of aromatic nitrogens is 3. The summed E-state index contributed by atoms with van der Waals surface area (Å²) in [4.78, 5) is 17.9. The smallest absolute Gasteiger partial charge is 0.164 e. The monoisotopic (exact) mass is 742 g/mol. The molecule has 11 aromatic rings. The molecule has 2 aromatic heterocycles. The van der Waals surface area contributed by atoms with Gasteiger partial charge in [0.2, 0.25) is 0 Å². The lowest BCUT2D eigenvalue weighted by atomic mass is 10.0. The third-order valence-electron chi connectivity index (χ3n) is 10.9. The van der Waals surface area contributed by atoms with Crippen LogP contribution in [0.2, 0.25) is 0 Å². The summed E-state index contributed by atoms with van der Waals surface area (Å²) in [5.74, 6) is 1.79. The Hall–Kier alpha value is -7.89. The Bertz CT molecular complexity index is 3270. The van der Waals surface area contributed by atoms with Crippen LogP contribution in [0.1, 0.15) is 0 Å². The molecule has 0 bridgehead atoms. The summed E-state index contributed by atoms with van der Waals surface area (Å²) in [6.45, 7) is 0. The molecule has 0 saturated carbocycles. The summed E-state index contributed by atoms with van der Waals surface area (Å²) < 4.78 is 7.05. The van der Waals surface area contributed by atoms with Crippen LogP contribution in [0.5, 0.6) is 0 Å². The highest BCUT2D eigenvalue weighted by Gasteiger charge is 2.25. The molecule has 5 heteroatoms. The Morgan fingerprint density at radius 3 is 1.66 bits per heavy atom. The van der Waals surface area contributed by atoms with Gasteiger partial charge in [0.25, 0.3) is 0 Å². The number of rotatable bonds is 7. The molecule has 272 valence electrons. The fourth-order valence-corrected chi connectivity index (χ4v) is 8.11. The molecular weight excluding hydrogens is 709 g/mol. The van der Waals surface area contributed by atoms with Crippen molar-refractivity contribution in [2.45, 2.75) is 0 Å². The Labute approximate surface area is 335 Å². The van der Waals surface area contributed by atoms with Crippen molar-refractivity contribution in [1.29, 1.82) is 0 Å². The molecule has 2 heterocycles. The SMILES string of the molecule is c1ccc(-c2ccc(N(c3ccccc3)c3ccc(-c4nc(-c5ccccc5)nc(-c5cccc6ccccc56)n4)c4c3oc3cc5ccccc5cc34)cc2)cc1. The highest BCUT2D eigenvalue weighted by Crippen LogP contribution is 2.46. The lowest BCUT2D eigenvalue weighted by molar-refractivity contribution is 0.669. The van der Waals surface area contributed by atoms with Crippen LogP contribution in [-0.2, 0) is 0 Å². The maximum atomic E-state index is 7.05. The molecule has 0 radical (unpaired) electrons. The Morgan fingerprint density at radius 1 is 0.362 bits per heavy atom. The largest absolute Gasteiger partial charge is 0.454 e. The number of hydrogen-bond acceptors (Lipinski definition) is 5. The molecule has 0 aliphatic rings. The summed E-state index contributed by atoms with van der Waals surface area (Å²) >= 11 is 0. The molecule has 0 unspecified atom stereocenters. The first-order valence-electron chi connectivity index (χ1n) is 19.4. The predicted octanol–water partition coefficient (Wildman–Crippen LogP) is 14.2. The van der Waals surface area contributed by atoms with E-state index in [0.29, 0.717) is 17.5 Å². The Balaban J connectivity index is 1.19. The molecule has 0 atom stereocenters. The summed E-state index contributed by atoms with van der Waals surface area (Å²) in [7, 11) is 0. The molecule has 0 N–H and O–H groups in total. The minimum Gasteiger partial charge on any atom is -0.454 e. The second-order valence-corrected chi connectivity index (χ2v) is 14.4. The molecule has 5 nitrogen and oxygen atoms in total. The predicted molar refractivity (Wildman–Crippen MR) is 239 cm³/mol. The first-order valence-corrected chi connectivity index (χ1v) is 19.4. The summed E-state index contributed by atoms with van der Waals surface area (Å²) in [6.07, 6.45) is 0. The van der Waals surface area contributed by atoms with Gasteiger partial charge in [-0.3, -0.25) is 0 Å². The standard InChI is InChI=1S/C53H34N4O/c1-4-15-35(16-5-1)36-27-29-42(30-28-36)57(41-23-8-3-9-24-41)47-32-31-45(49-46-33-39-20-10-11-21-40(39)34-48(46)58-50(47)49)53-55-51(38-18-6-2-7-19-38)54-52(56-53)44-26-14-22-37-17-12-13-25-43(37)44/h1-34H. The number of furan rings is 1. The van der Waals surface area contributed by atoms with E-state index < -0.39 is 0 Å². The summed E-state index contributed by atoms with van der Waals surface area (Å²) in [5.41, 5.74) is 9.52. The van der Waals surface area contributed by atoms with Gasteiger partial charge in [0, 0.05) is 38.8 Å². The van der Waals surface area contributed by atoms with Crippen molar-refractivity contribution in [1.82, 2.24) is 15.0 Å². The quantitative estimate of drug-likeness (QED) is 0.163. The van der Waals surface area contributed by atoms with E-state index in [9.17, 15) is 0 Å². The molecule has 0 aliphatic carbocycles. The van der Waals surface area contributed by atoms with E-state index in [1.807, 2.05) is 42.5 Å². The number of fused-ring (bicyclic) bond motifs is 5. The zero-order chi connectivity index (χ0) is 38.4. The van der Waals surface area contributed by atoms with Gasteiger partial charge in [-0.1, -0.05) is 158 Å². The highest BCUT2D eigenvalue weighted by atomic mass is 16.3. The van der Waals surface area contributed by atoms with E-state index in [2.05, 4.69) is 169 Å². The summed E-state index contributed by atoms with van der Waals surface area (Å²) in [5, 5.41) is 6.38. The first-order chi connectivity index (χ1) is 28.7. The van der Waals surface area contributed by atoms with Crippen LogP contribution >= 0.6 is 0 Å². The molecule has 0 spiro atoms. The van der Waals surface area contributed by atoms with E-state index in [4.69, 9.17) is 19.4 Å². The number of nitrogens with zero attached hydrogens (tertiary/aromatic N) is 4. The molecule has 0 amide bonds. The fourth-order valence-electron chi connectivity index (χ4n) is 8.11. The van der Waals surface area contributed by atoms with E-state index in [0.717, 1.165) is 82.8 Å². The molecule has 0 saturated heterocycles. The van der Waals surface area contributed by atoms with E-state index in [-0.39, 0.29) is 0 Å².